The summed E-state index contributed by atoms with van der Waals surface area (Å²) in [6.45, 7) is 6.02. The minimum absolute atomic E-state index is 0. The summed E-state index contributed by atoms with van der Waals surface area (Å²) >= 11 is 0. The predicted molar refractivity (Wildman–Crippen MR) is 94.3 cm³/mol. The largest absolute Gasteiger partial charge is 0.355 e. The molecule has 2 rings (SSSR count). The van der Waals surface area contributed by atoms with Crippen LogP contribution in [0, 0.1) is 17.3 Å². The monoisotopic (exact) mass is 345 g/mol. The van der Waals surface area contributed by atoms with Gasteiger partial charge in [0.25, 0.3) is 0 Å². The van der Waals surface area contributed by atoms with Crippen molar-refractivity contribution in [2.45, 2.75) is 71.4 Å². The first kappa shape index (κ1) is 20.2. The zero-order chi connectivity index (χ0) is 16.3. The molecule has 2 aliphatic rings. The molecule has 2 unspecified atom stereocenters. The van der Waals surface area contributed by atoms with Gasteiger partial charge in [-0.25, -0.2) is 0 Å². The first-order chi connectivity index (χ1) is 10.3. The number of halogens is 1. The van der Waals surface area contributed by atoms with Crippen LogP contribution in [0.4, 0.5) is 0 Å². The summed E-state index contributed by atoms with van der Waals surface area (Å²) in [7, 11) is 0. The van der Waals surface area contributed by atoms with Crippen molar-refractivity contribution in [3.63, 3.8) is 0 Å². The van der Waals surface area contributed by atoms with Gasteiger partial charge in [-0.2, -0.15) is 0 Å². The maximum atomic E-state index is 12.2. The molecule has 4 N–H and O–H groups in total. The van der Waals surface area contributed by atoms with E-state index in [1.54, 1.807) is 0 Å². The third kappa shape index (κ3) is 5.64. The van der Waals surface area contributed by atoms with Crippen LogP contribution >= 0.6 is 12.4 Å². The van der Waals surface area contributed by atoms with Crippen LogP contribution in [0.5, 0.6) is 0 Å². The second-order valence-corrected chi connectivity index (χ2v) is 8.03. The Morgan fingerprint density at radius 1 is 1.13 bits per heavy atom. The first-order valence-corrected chi connectivity index (χ1v) is 8.60. The van der Waals surface area contributed by atoms with Crippen molar-refractivity contribution in [1.29, 1.82) is 0 Å². The molecule has 0 radical (unpaired) electrons. The van der Waals surface area contributed by atoms with Gasteiger partial charge >= 0.3 is 0 Å². The first-order valence-electron chi connectivity index (χ1n) is 8.60. The van der Waals surface area contributed by atoms with Gasteiger partial charge in [-0.1, -0.05) is 27.2 Å². The van der Waals surface area contributed by atoms with Gasteiger partial charge in [0, 0.05) is 30.5 Å². The van der Waals surface area contributed by atoms with E-state index in [-0.39, 0.29) is 24.2 Å². The van der Waals surface area contributed by atoms with E-state index in [0.29, 0.717) is 36.9 Å². The number of nitrogens with one attached hydrogen (secondary N) is 2. The number of hydrogen-bond donors (Lipinski definition) is 3. The molecule has 0 heterocycles. The lowest BCUT2D eigenvalue weighted by molar-refractivity contribution is -0.128. The molecule has 0 aliphatic heterocycles. The Kier molecular flexibility index (Phi) is 7.33. The molecule has 2 atom stereocenters. The summed E-state index contributed by atoms with van der Waals surface area (Å²) in [6.07, 6.45) is 6.02. The van der Waals surface area contributed by atoms with Gasteiger partial charge in [-0.05, 0) is 37.5 Å². The number of carbonyl (C=O) groups excluding carboxylic acids is 2. The minimum atomic E-state index is -0.410. The van der Waals surface area contributed by atoms with Crippen molar-refractivity contribution in [2.75, 3.05) is 6.54 Å². The Bertz CT molecular complexity index is 409. The van der Waals surface area contributed by atoms with Crippen molar-refractivity contribution < 1.29 is 9.59 Å². The molecule has 2 fully saturated rings. The average molecular weight is 346 g/mol. The number of carbonyl (C=O) groups is 2. The van der Waals surface area contributed by atoms with E-state index in [2.05, 4.69) is 10.6 Å². The maximum Gasteiger partial charge on any atom is 0.225 e. The highest BCUT2D eigenvalue weighted by atomic mass is 35.5. The molecule has 5 nitrogen and oxygen atoms in total. The molecule has 6 heteroatoms. The van der Waals surface area contributed by atoms with Gasteiger partial charge < -0.3 is 16.4 Å². The third-order valence-electron chi connectivity index (χ3n) is 5.02. The topological polar surface area (TPSA) is 84.2 Å². The zero-order valence-corrected chi connectivity index (χ0v) is 15.4. The lowest BCUT2D eigenvalue weighted by Gasteiger charge is -2.45. The second-order valence-electron chi connectivity index (χ2n) is 8.03. The third-order valence-corrected chi connectivity index (χ3v) is 5.02. The fraction of sp³-hybridized carbons (Fsp3) is 0.882. The molecule has 2 aliphatic carbocycles. The van der Waals surface area contributed by atoms with Gasteiger partial charge in [0.2, 0.25) is 11.8 Å². The van der Waals surface area contributed by atoms with Crippen LogP contribution in [0.1, 0.15) is 59.3 Å². The van der Waals surface area contributed by atoms with E-state index >= 15 is 0 Å². The normalized spacial score (nSPS) is 30.1. The Hall–Kier alpha value is -0.810. The Labute approximate surface area is 145 Å². The number of nitrogens with two attached hydrogens (primary N) is 1. The molecule has 0 saturated heterocycles. The smallest absolute Gasteiger partial charge is 0.225 e. The van der Waals surface area contributed by atoms with Crippen LogP contribution in [0.25, 0.3) is 0 Å². The summed E-state index contributed by atoms with van der Waals surface area (Å²) in [4.78, 5) is 23.9. The maximum absolute atomic E-state index is 12.2. The van der Waals surface area contributed by atoms with Crippen LogP contribution in [0.15, 0.2) is 0 Å². The predicted octanol–water partition coefficient (Wildman–Crippen LogP) is 1.98. The summed E-state index contributed by atoms with van der Waals surface area (Å²) in [5.41, 5.74) is 5.70. The summed E-state index contributed by atoms with van der Waals surface area (Å²) in [5, 5.41) is 6.04. The van der Waals surface area contributed by atoms with Crippen LogP contribution in [-0.4, -0.2) is 30.4 Å². The molecule has 0 aromatic carbocycles. The van der Waals surface area contributed by atoms with Gasteiger partial charge in [-0.3, -0.25) is 9.59 Å². The summed E-state index contributed by atoms with van der Waals surface area (Å²) in [6, 6.07) is 0.592. The van der Waals surface area contributed by atoms with Gasteiger partial charge in [-0.15, -0.1) is 12.4 Å². The number of fused-ring (bicyclic) bond motifs is 2. The van der Waals surface area contributed by atoms with Crippen LogP contribution < -0.4 is 16.4 Å². The molecule has 134 valence electrons. The lowest BCUT2D eigenvalue weighted by Crippen LogP contribution is -2.54. The highest BCUT2D eigenvalue weighted by Gasteiger charge is 2.39. The molecule has 0 aromatic heterocycles. The van der Waals surface area contributed by atoms with E-state index < -0.39 is 5.41 Å². The summed E-state index contributed by atoms with van der Waals surface area (Å²) < 4.78 is 0. The quantitative estimate of drug-likeness (QED) is 0.728. The van der Waals surface area contributed by atoms with Gasteiger partial charge in [0.15, 0.2) is 0 Å². The molecule has 23 heavy (non-hydrogen) atoms. The van der Waals surface area contributed by atoms with Gasteiger partial charge in [0.1, 0.15) is 0 Å². The van der Waals surface area contributed by atoms with E-state index in [9.17, 15) is 9.59 Å². The standard InChI is InChI=1S/C17H31N3O2.ClH/c1-17(2,3)16(22)19-8-7-14(21)20-15-11-5-4-6-12(15)10-13(18)9-11;/h11-13,15H,4-10,18H2,1-3H3,(H,19,22)(H,20,21);1H. The molecule has 2 bridgehead atoms. The zero-order valence-electron chi connectivity index (χ0n) is 14.6. The number of rotatable bonds is 4. The van der Waals surface area contributed by atoms with Crippen molar-refractivity contribution in [3.8, 4) is 0 Å². The van der Waals surface area contributed by atoms with E-state index in [1.165, 1.54) is 19.3 Å². The lowest BCUT2D eigenvalue weighted by atomic mass is 9.67. The summed E-state index contributed by atoms with van der Waals surface area (Å²) in [5.74, 6) is 1.11. The van der Waals surface area contributed by atoms with Crippen molar-refractivity contribution in [3.05, 3.63) is 0 Å². The molecule has 2 amide bonds. The van der Waals surface area contributed by atoms with E-state index in [0.717, 1.165) is 12.8 Å². The molecule has 0 spiro atoms. The van der Waals surface area contributed by atoms with Crippen LogP contribution in [-0.2, 0) is 9.59 Å². The van der Waals surface area contributed by atoms with Gasteiger partial charge in [0.05, 0.1) is 0 Å². The van der Waals surface area contributed by atoms with Crippen LogP contribution in [0.3, 0.4) is 0 Å². The fourth-order valence-corrected chi connectivity index (χ4v) is 3.84. The second kappa shape index (κ2) is 8.34. The van der Waals surface area contributed by atoms with Crippen LogP contribution in [0.2, 0.25) is 0 Å². The highest BCUT2D eigenvalue weighted by molar-refractivity contribution is 5.85. The average Bonchev–Trinajstić information content (AvgIpc) is 2.38. The Balaban J connectivity index is 0.00000264. The van der Waals surface area contributed by atoms with Crippen molar-refractivity contribution >= 4 is 24.2 Å². The Morgan fingerprint density at radius 3 is 2.22 bits per heavy atom. The number of hydrogen-bond acceptors (Lipinski definition) is 3. The fourth-order valence-electron chi connectivity index (χ4n) is 3.84. The molecular formula is C17H32ClN3O2. The Morgan fingerprint density at radius 2 is 1.70 bits per heavy atom. The van der Waals surface area contributed by atoms with Crippen molar-refractivity contribution in [2.24, 2.45) is 23.0 Å². The van der Waals surface area contributed by atoms with E-state index in [4.69, 9.17) is 5.73 Å². The van der Waals surface area contributed by atoms with E-state index in [1.807, 2.05) is 20.8 Å². The van der Waals surface area contributed by atoms with Crippen molar-refractivity contribution in [1.82, 2.24) is 10.6 Å². The SMILES string of the molecule is CC(C)(C)C(=O)NCCC(=O)NC1C2CCCC1CC(N)C2.Cl. The molecular weight excluding hydrogens is 314 g/mol. The molecule has 0 aromatic rings. The minimum Gasteiger partial charge on any atom is -0.355 e. The molecule has 2 saturated carbocycles. The number of amides is 2. The highest BCUT2D eigenvalue weighted by Crippen LogP contribution is 2.39.